The van der Waals surface area contributed by atoms with Crippen LogP contribution in [-0.4, -0.2) is 19.7 Å². The summed E-state index contributed by atoms with van der Waals surface area (Å²) in [7, 11) is -5.45. The standard InChI is InChI=1S/C9H8F3NO3S/c1-6(14)7-3-2-4-8(5-7)13-17(15,16)9(10,11)12/h2-5,13H,1H3. The van der Waals surface area contributed by atoms with Crippen molar-refractivity contribution >= 4 is 21.5 Å². The third kappa shape index (κ3) is 3.19. The largest absolute Gasteiger partial charge is 0.516 e. The number of carbonyl (C=O) groups excluding carboxylic acids is 1. The van der Waals surface area contributed by atoms with Crippen LogP contribution in [0.25, 0.3) is 0 Å². The van der Waals surface area contributed by atoms with Crippen molar-refractivity contribution in [3.8, 4) is 0 Å². The van der Waals surface area contributed by atoms with E-state index in [2.05, 4.69) is 0 Å². The van der Waals surface area contributed by atoms with Crippen molar-refractivity contribution in [1.82, 2.24) is 0 Å². The van der Waals surface area contributed by atoms with Gasteiger partial charge in [-0.3, -0.25) is 9.52 Å². The van der Waals surface area contributed by atoms with E-state index >= 15 is 0 Å². The lowest BCUT2D eigenvalue weighted by Gasteiger charge is -2.10. The molecular weight excluding hydrogens is 259 g/mol. The van der Waals surface area contributed by atoms with Gasteiger partial charge in [0.1, 0.15) is 0 Å². The fourth-order valence-corrected chi connectivity index (χ4v) is 1.57. The number of ketones is 1. The average molecular weight is 267 g/mol. The average Bonchev–Trinajstić information content (AvgIpc) is 2.15. The zero-order valence-electron chi connectivity index (χ0n) is 8.58. The molecule has 0 heterocycles. The number of carbonyl (C=O) groups is 1. The highest BCUT2D eigenvalue weighted by Crippen LogP contribution is 2.25. The molecule has 8 heteroatoms. The second-order valence-electron chi connectivity index (χ2n) is 3.19. The Bertz CT molecular complexity index is 537. The summed E-state index contributed by atoms with van der Waals surface area (Å²) in [5, 5.41) is 0. The number of benzene rings is 1. The molecule has 0 saturated carbocycles. The highest BCUT2D eigenvalue weighted by molar-refractivity contribution is 7.93. The van der Waals surface area contributed by atoms with E-state index in [1.54, 1.807) is 0 Å². The van der Waals surface area contributed by atoms with Crippen molar-refractivity contribution in [3.05, 3.63) is 29.8 Å². The number of halogens is 3. The Kier molecular flexibility index (Phi) is 3.46. The molecule has 0 atom stereocenters. The van der Waals surface area contributed by atoms with Gasteiger partial charge in [0.15, 0.2) is 5.78 Å². The van der Waals surface area contributed by atoms with Gasteiger partial charge >= 0.3 is 15.5 Å². The molecule has 0 aromatic heterocycles. The summed E-state index contributed by atoms with van der Waals surface area (Å²) in [6.45, 7) is 1.22. The first-order valence-electron chi connectivity index (χ1n) is 4.33. The second kappa shape index (κ2) is 4.36. The maximum absolute atomic E-state index is 12.1. The van der Waals surface area contributed by atoms with Crippen LogP contribution in [0, 0.1) is 0 Å². The molecular formula is C9H8F3NO3S. The predicted molar refractivity (Wildman–Crippen MR) is 55.0 cm³/mol. The Labute approximate surface area is 95.5 Å². The normalized spacial score (nSPS) is 12.2. The molecule has 0 amide bonds. The molecule has 1 N–H and O–H groups in total. The number of rotatable bonds is 3. The van der Waals surface area contributed by atoms with Crippen LogP contribution in [0.2, 0.25) is 0 Å². The number of hydrogen-bond donors (Lipinski definition) is 1. The Hall–Kier alpha value is -1.57. The molecule has 1 aromatic carbocycles. The molecule has 0 radical (unpaired) electrons. The second-order valence-corrected chi connectivity index (χ2v) is 4.86. The van der Waals surface area contributed by atoms with E-state index in [0.29, 0.717) is 0 Å². The van der Waals surface area contributed by atoms with Crippen molar-refractivity contribution in [2.75, 3.05) is 4.72 Å². The van der Waals surface area contributed by atoms with Crippen LogP contribution in [0.3, 0.4) is 0 Å². The quantitative estimate of drug-likeness (QED) is 0.853. The van der Waals surface area contributed by atoms with E-state index in [1.165, 1.54) is 23.8 Å². The smallest absolute Gasteiger partial charge is 0.295 e. The molecule has 1 rings (SSSR count). The maximum Gasteiger partial charge on any atom is 0.516 e. The number of sulfonamides is 1. The van der Waals surface area contributed by atoms with Gasteiger partial charge < -0.3 is 0 Å². The summed E-state index contributed by atoms with van der Waals surface area (Å²) in [4.78, 5) is 11.0. The minimum absolute atomic E-state index is 0.118. The lowest BCUT2D eigenvalue weighted by molar-refractivity contribution is -0.0429. The molecule has 1 aromatic rings. The molecule has 4 nitrogen and oxygen atoms in total. The Morgan fingerprint density at radius 2 is 1.88 bits per heavy atom. The first-order valence-corrected chi connectivity index (χ1v) is 5.82. The summed E-state index contributed by atoms with van der Waals surface area (Å²) >= 11 is 0. The zero-order valence-corrected chi connectivity index (χ0v) is 9.39. The number of hydrogen-bond acceptors (Lipinski definition) is 3. The third-order valence-corrected chi connectivity index (χ3v) is 2.94. The van der Waals surface area contributed by atoms with Crippen LogP contribution in [0.15, 0.2) is 24.3 Å². The summed E-state index contributed by atoms with van der Waals surface area (Å²) in [6.07, 6.45) is 0. The number of nitrogens with one attached hydrogen (secondary N) is 1. The first-order chi connectivity index (χ1) is 7.63. The highest BCUT2D eigenvalue weighted by atomic mass is 32.2. The van der Waals surface area contributed by atoms with Crippen LogP contribution in [0.5, 0.6) is 0 Å². The molecule has 0 saturated heterocycles. The number of alkyl halides is 3. The lowest BCUT2D eigenvalue weighted by Crippen LogP contribution is -2.29. The lowest BCUT2D eigenvalue weighted by atomic mass is 10.1. The van der Waals surface area contributed by atoms with Gasteiger partial charge in [-0.15, -0.1) is 0 Å². The van der Waals surface area contributed by atoms with E-state index in [9.17, 15) is 26.4 Å². The van der Waals surface area contributed by atoms with Gasteiger partial charge in [0.05, 0.1) is 0 Å². The van der Waals surface area contributed by atoms with Crippen LogP contribution < -0.4 is 4.72 Å². The van der Waals surface area contributed by atoms with E-state index < -0.39 is 15.5 Å². The molecule has 0 bridgehead atoms. The van der Waals surface area contributed by atoms with Gasteiger partial charge in [0, 0.05) is 11.3 Å². The van der Waals surface area contributed by atoms with Crippen molar-refractivity contribution in [2.45, 2.75) is 12.4 Å². The molecule has 0 fully saturated rings. The minimum Gasteiger partial charge on any atom is -0.295 e. The minimum atomic E-state index is -5.45. The summed E-state index contributed by atoms with van der Waals surface area (Å²) in [5.74, 6) is -0.377. The molecule has 0 aliphatic carbocycles. The first kappa shape index (κ1) is 13.5. The van der Waals surface area contributed by atoms with Crippen LogP contribution in [0.4, 0.5) is 18.9 Å². The van der Waals surface area contributed by atoms with Crippen LogP contribution in [0.1, 0.15) is 17.3 Å². The SMILES string of the molecule is CC(=O)c1cccc(NS(=O)(=O)C(F)(F)F)c1. The van der Waals surface area contributed by atoms with Crippen molar-refractivity contribution in [3.63, 3.8) is 0 Å². The van der Waals surface area contributed by atoms with E-state index in [-0.39, 0.29) is 17.0 Å². The van der Waals surface area contributed by atoms with Gasteiger partial charge in [0.2, 0.25) is 0 Å². The summed E-state index contributed by atoms with van der Waals surface area (Å²) < 4.78 is 59.1. The van der Waals surface area contributed by atoms with Gasteiger partial charge in [-0.25, -0.2) is 0 Å². The molecule has 0 spiro atoms. The van der Waals surface area contributed by atoms with Crippen LogP contribution >= 0.6 is 0 Å². The van der Waals surface area contributed by atoms with Gasteiger partial charge in [-0.1, -0.05) is 12.1 Å². The summed E-state index contributed by atoms with van der Waals surface area (Å²) in [6, 6.07) is 4.81. The Morgan fingerprint density at radius 3 is 2.35 bits per heavy atom. The van der Waals surface area contributed by atoms with Crippen molar-refractivity contribution < 1.29 is 26.4 Å². The number of anilines is 1. The molecule has 0 aliphatic heterocycles. The Balaban J connectivity index is 3.05. The fourth-order valence-electron chi connectivity index (χ4n) is 1.01. The van der Waals surface area contributed by atoms with Crippen molar-refractivity contribution in [1.29, 1.82) is 0 Å². The zero-order chi connectivity index (χ0) is 13.3. The highest BCUT2D eigenvalue weighted by Gasteiger charge is 2.46. The molecule has 17 heavy (non-hydrogen) atoms. The Morgan fingerprint density at radius 1 is 1.29 bits per heavy atom. The van der Waals surface area contributed by atoms with Crippen molar-refractivity contribution in [2.24, 2.45) is 0 Å². The summed E-state index contributed by atoms with van der Waals surface area (Å²) in [5.41, 5.74) is -5.58. The van der Waals surface area contributed by atoms with E-state index in [0.717, 1.165) is 12.1 Å². The fraction of sp³-hybridized carbons (Fsp3) is 0.222. The number of Topliss-reactive ketones (excluding diaryl/α,β-unsaturated/α-hetero) is 1. The maximum atomic E-state index is 12.1. The van der Waals surface area contributed by atoms with E-state index in [1.807, 2.05) is 0 Å². The monoisotopic (exact) mass is 267 g/mol. The van der Waals surface area contributed by atoms with Gasteiger partial charge in [0.25, 0.3) is 0 Å². The van der Waals surface area contributed by atoms with Crippen LogP contribution in [-0.2, 0) is 10.0 Å². The predicted octanol–water partition coefficient (Wildman–Crippen LogP) is 2.15. The van der Waals surface area contributed by atoms with E-state index in [4.69, 9.17) is 0 Å². The topological polar surface area (TPSA) is 63.2 Å². The molecule has 94 valence electrons. The molecule has 0 aliphatic rings. The third-order valence-electron chi connectivity index (χ3n) is 1.83. The van der Waals surface area contributed by atoms with Gasteiger partial charge in [-0.2, -0.15) is 21.6 Å². The molecule has 0 unspecified atom stereocenters. The van der Waals surface area contributed by atoms with Gasteiger partial charge in [-0.05, 0) is 19.1 Å².